The van der Waals surface area contributed by atoms with Gasteiger partial charge in [0.2, 0.25) is 0 Å². The highest BCUT2D eigenvalue weighted by Gasteiger charge is 2.10. The van der Waals surface area contributed by atoms with E-state index in [2.05, 4.69) is 4.98 Å². The van der Waals surface area contributed by atoms with Crippen LogP contribution in [0.4, 0.5) is 10.8 Å². The third-order valence-corrected chi connectivity index (χ3v) is 4.33. The fourth-order valence-electron chi connectivity index (χ4n) is 1.96. The molecular formula is C16H13ClN2OS. The van der Waals surface area contributed by atoms with Crippen molar-refractivity contribution in [2.24, 2.45) is 0 Å². The Bertz CT molecular complexity index is 738. The number of halogens is 1. The summed E-state index contributed by atoms with van der Waals surface area (Å²) in [6.45, 7) is 0. The van der Waals surface area contributed by atoms with Gasteiger partial charge in [0.15, 0.2) is 5.13 Å². The summed E-state index contributed by atoms with van der Waals surface area (Å²) in [5.74, 6) is 0.258. The first-order valence-electron chi connectivity index (χ1n) is 6.38. The lowest BCUT2D eigenvalue weighted by atomic mass is 10.2. The van der Waals surface area contributed by atoms with Gasteiger partial charge < -0.3 is 10.0 Å². The van der Waals surface area contributed by atoms with Crippen LogP contribution >= 0.6 is 22.9 Å². The second kappa shape index (κ2) is 5.76. The first kappa shape index (κ1) is 13.9. The van der Waals surface area contributed by atoms with E-state index in [9.17, 15) is 5.11 Å². The Morgan fingerprint density at radius 3 is 2.38 bits per heavy atom. The zero-order valence-corrected chi connectivity index (χ0v) is 12.9. The first-order valence-corrected chi connectivity index (χ1v) is 7.63. The molecule has 0 fully saturated rings. The molecule has 1 heterocycles. The SMILES string of the molecule is CN(c1ccc(O)cc1)c1nc(-c2ccc(Cl)cc2)cs1. The second-order valence-corrected chi connectivity index (χ2v) is 5.87. The van der Waals surface area contributed by atoms with Gasteiger partial charge in [-0.3, -0.25) is 0 Å². The molecule has 0 spiro atoms. The molecule has 0 aliphatic rings. The molecule has 0 atom stereocenters. The summed E-state index contributed by atoms with van der Waals surface area (Å²) in [6, 6.07) is 14.7. The summed E-state index contributed by atoms with van der Waals surface area (Å²) in [5, 5.41) is 13.0. The molecule has 21 heavy (non-hydrogen) atoms. The third kappa shape index (κ3) is 3.01. The highest BCUT2D eigenvalue weighted by molar-refractivity contribution is 7.14. The van der Waals surface area contributed by atoms with Crippen molar-refractivity contribution >= 4 is 33.8 Å². The van der Waals surface area contributed by atoms with Crippen molar-refractivity contribution in [3.8, 4) is 17.0 Å². The maximum absolute atomic E-state index is 9.34. The fourth-order valence-corrected chi connectivity index (χ4v) is 2.90. The molecule has 0 amide bonds. The van der Waals surface area contributed by atoms with Gasteiger partial charge in [0, 0.05) is 28.7 Å². The Hall–Kier alpha value is -2.04. The summed E-state index contributed by atoms with van der Waals surface area (Å²) < 4.78 is 0. The zero-order chi connectivity index (χ0) is 14.8. The van der Waals surface area contributed by atoms with E-state index in [1.807, 2.05) is 53.7 Å². The van der Waals surface area contributed by atoms with Crippen LogP contribution in [0.5, 0.6) is 5.75 Å². The molecule has 3 nitrogen and oxygen atoms in total. The van der Waals surface area contributed by atoms with E-state index in [0.29, 0.717) is 0 Å². The summed E-state index contributed by atoms with van der Waals surface area (Å²) in [5.41, 5.74) is 2.95. The Morgan fingerprint density at radius 1 is 1.05 bits per heavy atom. The molecule has 3 aromatic rings. The average Bonchev–Trinajstić information content (AvgIpc) is 2.98. The van der Waals surface area contributed by atoms with E-state index in [1.165, 1.54) is 0 Å². The normalized spacial score (nSPS) is 10.6. The molecule has 5 heteroatoms. The summed E-state index contributed by atoms with van der Waals surface area (Å²) in [7, 11) is 1.96. The number of anilines is 2. The maximum Gasteiger partial charge on any atom is 0.190 e. The van der Waals surface area contributed by atoms with E-state index in [4.69, 9.17) is 11.6 Å². The summed E-state index contributed by atoms with van der Waals surface area (Å²) in [4.78, 5) is 6.64. The zero-order valence-electron chi connectivity index (χ0n) is 11.3. The predicted octanol–water partition coefficient (Wildman–Crippen LogP) is 4.94. The van der Waals surface area contributed by atoms with Crippen molar-refractivity contribution in [1.82, 2.24) is 4.98 Å². The number of hydrogen-bond donors (Lipinski definition) is 1. The minimum absolute atomic E-state index is 0.258. The Morgan fingerprint density at radius 2 is 1.71 bits per heavy atom. The van der Waals surface area contributed by atoms with Crippen LogP contribution < -0.4 is 4.90 Å². The van der Waals surface area contributed by atoms with E-state index in [-0.39, 0.29) is 5.75 Å². The number of thiazole rings is 1. The smallest absolute Gasteiger partial charge is 0.190 e. The molecule has 3 rings (SSSR count). The molecule has 106 valence electrons. The minimum atomic E-state index is 0.258. The topological polar surface area (TPSA) is 36.4 Å². The fraction of sp³-hybridized carbons (Fsp3) is 0.0625. The van der Waals surface area contributed by atoms with Crippen molar-refractivity contribution < 1.29 is 5.11 Å². The second-order valence-electron chi connectivity index (χ2n) is 4.60. The monoisotopic (exact) mass is 316 g/mol. The number of phenols is 1. The van der Waals surface area contributed by atoms with Crippen molar-refractivity contribution in [3.05, 3.63) is 58.9 Å². The van der Waals surface area contributed by atoms with Gasteiger partial charge in [-0.1, -0.05) is 23.7 Å². The number of aromatic nitrogens is 1. The molecule has 2 aromatic carbocycles. The molecule has 1 N–H and O–H groups in total. The lowest BCUT2D eigenvalue weighted by molar-refractivity contribution is 0.475. The van der Waals surface area contributed by atoms with Gasteiger partial charge in [-0.05, 0) is 36.4 Å². The number of aromatic hydroxyl groups is 1. The molecule has 0 saturated carbocycles. The van der Waals surface area contributed by atoms with Crippen LogP contribution in [0.1, 0.15) is 0 Å². The van der Waals surface area contributed by atoms with E-state index in [0.717, 1.165) is 27.1 Å². The van der Waals surface area contributed by atoms with Crippen molar-refractivity contribution in [1.29, 1.82) is 0 Å². The molecule has 0 bridgehead atoms. The van der Waals surface area contributed by atoms with Gasteiger partial charge >= 0.3 is 0 Å². The molecule has 0 saturated heterocycles. The number of rotatable bonds is 3. The van der Waals surface area contributed by atoms with E-state index >= 15 is 0 Å². The van der Waals surface area contributed by atoms with Crippen LogP contribution in [0.25, 0.3) is 11.3 Å². The van der Waals surface area contributed by atoms with Gasteiger partial charge in [0.1, 0.15) is 5.75 Å². The Kier molecular flexibility index (Phi) is 3.82. The maximum atomic E-state index is 9.34. The van der Waals surface area contributed by atoms with Gasteiger partial charge in [0.05, 0.1) is 5.69 Å². The molecule has 0 aliphatic heterocycles. The van der Waals surface area contributed by atoms with Crippen LogP contribution in [-0.2, 0) is 0 Å². The van der Waals surface area contributed by atoms with Gasteiger partial charge in [-0.25, -0.2) is 4.98 Å². The van der Waals surface area contributed by atoms with E-state index in [1.54, 1.807) is 23.5 Å². The van der Waals surface area contributed by atoms with Crippen molar-refractivity contribution in [3.63, 3.8) is 0 Å². The Labute approximate surface area is 132 Å². The highest BCUT2D eigenvalue weighted by atomic mass is 35.5. The van der Waals surface area contributed by atoms with Gasteiger partial charge in [-0.2, -0.15) is 0 Å². The summed E-state index contributed by atoms with van der Waals surface area (Å²) in [6.07, 6.45) is 0. The van der Waals surface area contributed by atoms with Crippen LogP contribution in [0.2, 0.25) is 5.02 Å². The summed E-state index contributed by atoms with van der Waals surface area (Å²) >= 11 is 7.48. The predicted molar refractivity (Wildman–Crippen MR) is 88.7 cm³/mol. The average molecular weight is 317 g/mol. The van der Waals surface area contributed by atoms with Crippen LogP contribution in [0.15, 0.2) is 53.9 Å². The first-order chi connectivity index (χ1) is 10.1. The minimum Gasteiger partial charge on any atom is -0.508 e. The molecule has 0 unspecified atom stereocenters. The van der Waals surface area contributed by atoms with Crippen LogP contribution in [-0.4, -0.2) is 17.1 Å². The lowest BCUT2D eigenvalue weighted by Crippen LogP contribution is -2.08. The molecule has 0 aliphatic carbocycles. The quantitative estimate of drug-likeness (QED) is 0.743. The van der Waals surface area contributed by atoms with Gasteiger partial charge in [-0.15, -0.1) is 11.3 Å². The largest absolute Gasteiger partial charge is 0.508 e. The van der Waals surface area contributed by atoms with E-state index < -0.39 is 0 Å². The van der Waals surface area contributed by atoms with Crippen LogP contribution in [0.3, 0.4) is 0 Å². The number of nitrogens with zero attached hydrogens (tertiary/aromatic N) is 2. The van der Waals surface area contributed by atoms with Crippen molar-refractivity contribution in [2.45, 2.75) is 0 Å². The lowest BCUT2D eigenvalue weighted by Gasteiger charge is -2.15. The number of hydrogen-bond acceptors (Lipinski definition) is 4. The van der Waals surface area contributed by atoms with Gasteiger partial charge in [0.25, 0.3) is 0 Å². The Balaban J connectivity index is 1.87. The molecule has 0 radical (unpaired) electrons. The standard InChI is InChI=1S/C16H13ClN2OS/c1-19(13-6-8-14(20)9-7-13)16-18-15(10-21-16)11-2-4-12(17)5-3-11/h2-10,20H,1H3. The number of phenolic OH excluding ortho intramolecular Hbond substituents is 1. The highest BCUT2D eigenvalue weighted by Crippen LogP contribution is 2.31. The molecular weight excluding hydrogens is 304 g/mol. The molecule has 1 aromatic heterocycles. The third-order valence-electron chi connectivity index (χ3n) is 3.16. The number of benzene rings is 2. The van der Waals surface area contributed by atoms with Crippen molar-refractivity contribution in [2.75, 3.05) is 11.9 Å². The van der Waals surface area contributed by atoms with Crippen LogP contribution in [0, 0.1) is 0 Å².